The average Bonchev–Trinajstić information content (AvgIpc) is 2.34. The van der Waals surface area contributed by atoms with Gasteiger partial charge in [0.1, 0.15) is 11.8 Å². The lowest BCUT2D eigenvalue weighted by Crippen LogP contribution is -2.42. The molecule has 19 heavy (non-hydrogen) atoms. The van der Waals surface area contributed by atoms with Crippen molar-refractivity contribution in [2.24, 2.45) is 5.73 Å². The highest BCUT2D eigenvalue weighted by molar-refractivity contribution is 9.10. The van der Waals surface area contributed by atoms with E-state index in [-0.39, 0.29) is 16.1 Å². The van der Waals surface area contributed by atoms with Crippen LogP contribution in [0.1, 0.15) is 18.5 Å². The summed E-state index contributed by atoms with van der Waals surface area (Å²) in [6.07, 6.45) is 0. The van der Waals surface area contributed by atoms with E-state index < -0.39 is 29.2 Å². The molecule has 0 aliphatic heterocycles. The Morgan fingerprint density at radius 1 is 1.63 bits per heavy atom. The van der Waals surface area contributed by atoms with Gasteiger partial charge in [0.25, 0.3) is 0 Å². The van der Waals surface area contributed by atoms with Gasteiger partial charge in [-0.3, -0.25) is 0 Å². The van der Waals surface area contributed by atoms with Gasteiger partial charge in [0.2, 0.25) is 0 Å². The van der Waals surface area contributed by atoms with E-state index in [9.17, 15) is 18.7 Å². The number of halogens is 4. The first-order valence-electron chi connectivity index (χ1n) is 5.20. The average molecular weight is 359 g/mol. The highest BCUT2D eigenvalue weighted by atomic mass is 79.9. The summed E-state index contributed by atoms with van der Waals surface area (Å²) < 4.78 is 32.0. The molecule has 0 saturated heterocycles. The van der Waals surface area contributed by atoms with Gasteiger partial charge in [-0.25, -0.2) is 4.79 Å². The lowest BCUT2D eigenvalue weighted by atomic mass is 10.0. The minimum atomic E-state index is -4.00. The van der Waals surface area contributed by atoms with Gasteiger partial charge in [0.15, 0.2) is 0 Å². The summed E-state index contributed by atoms with van der Waals surface area (Å²) >= 11 is 8.70. The van der Waals surface area contributed by atoms with Crippen LogP contribution < -0.4 is 5.73 Å². The number of esters is 1. The SMILES string of the molecule is CCOC(=O)C(F)(F)[C@H](N)c1c(Cl)ccc(Br)c1O. The molecule has 0 amide bonds. The number of hydrogen-bond donors (Lipinski definition) is 2. The van der Waals surface area contributed by atoms with Crippen molar-refractivity contribution in [1.82, 2.24) is 0 Å². The van der Waals surface area contributed by atoms with Crippen molar-refractivity contribution in [3.63, 3.8) is 0 Å². The molecule has 0 radical (unpaired) electrons. The van der Waals surface area contributed by atoms with E-state index in [0.29, 0.717) is 0 Å². The number of aromatic hydroxyl groups is 1. The van der Waals surface area contributed by atoms with Gasteiger partial charge in [-0.15, -0.1) is 0 Å². The third-order valence-electron chi connectivity index (χ3n) is 2.36. The molecule has 106 valence electrons. The molecule has 1 aromatic carbocycles. The van der Waals surface area contributed by atoms with E-state index in [1.807, 2.05) is 0 Å². The zero-order valence-corrected chi connectivity index (χ0v) is 12.1. The van der Waals surface area contributed by atoms with Gasteiger partial charge in [-0.2, -0.15) is 8.78 Å². The number of rotatable bonds is 4. The van der Waals surface area contributed by atoms with Crippen LogP contribution in [0.15, 0.2) is 16.6 Å². The van der Waals surface area contributed by atoms with Gasteiger partial charge in [0.05, 0.1) is 11.1 Å². The van der Waals surface area contributed by atoms with E-state index in [0.717, 1.165) is 0 Å². The standard InChI is InChI=1S/C11H11BrClF2NO3/c1-2-19-10(18)11(14,15)9(16)7-6(13)4-3-5(12)8(7)17/h3-4,9,17H,2,16H2,1H3/t9-/m1/s1. The summed E-state index contributed by atoms with van der Waals surface area (Å²) in [4.78, 5) is 11.2. The maximum atomic E-state index is 13.8. The second kappa shape index (κ2) is 6.02. The number of carbonyl (C=O) groups is 1. The summed E-state index contributed by atoms with van der Waals surface area (Å²) in [6, 6.07) is 0.537. The Labute approximate surface area is 121 Å². The number of alkyl halides is 2. The molecule has 0 aromatic heterocycles. The van der Waals surface area contributed by atoms with Crippen LogP contribution in [0.2, 0.25) is 5.02 Å². The monoisotopic (exact) mass is 357 g/mol. The fourth-order valence-electron chi connectivity index (χ4n) is 1.39. The predicted octanol–water partition coefficient (Wildman–Crippen LogP) is 3.01. The minimum Gasteiger partial charge on any atom is -0.506 e. The predicted molar refractivity (Wildman–Crippen MR) is 69.3 cm³/mol. The lowest BCUT2D eigenvalue weighted by Gasteiger charge is -2.23. The Kier molecular flexibility index (Phi) is 5.11. The third-order valence-corrected chi connectivity index (χ3v) is 3.33. The van der Waals surface area contributed by atoms with Gasteiger partial charge >= 0.3 is 11.9 Å². The molecule has 0 bridgehead atoms. The molecule has 8 heteroatoms. The molecular formula is C11H11BrClF2NO3. The largest absolute Gasteiger partial charge is 0.506 e. The summed E-state index contributed by atoms with van der Waals surface area (Å²) in [7, 11) is 0. The zero-order valence-electron chi connectivity index (χ0n) is 9.79. The van der Waals surface area contributed by atoms with Crippen molar-refractivity contribution >= 4 is 33.5 Å². The Balaban J connectivity index is 3.23. The number of carbonyl (C=O) groups excluding carboxylic acids is 1. The number of nitrogens with two attached hydrogens (primary N) is 1. The first-order valence-corrected chi connectivity index (χ1v) is 6.38. The first-order chi connectivity index (χ1) is 8.73. The zero-order chi connectivity index (χ0) is 14.8. The van der Waals surface area contributed by atoms with Crippen LogP contribution in [0.5, 0.6) is 5.75 Å². The van der Waals surface area contributed by atoms with Crippen molar-refractivity contribution in [3.8, 4) is 5.75 Å². The van der Waals surface area contributed by atoms with E-state index in [1.54, 1.807) is 0 Å². The number of phenolic OH excluding ortho intramolecular Hbond substituents is 1. The quantitative estimate of drug-likeness (QED) is 0.812. The van der Waals surface area contributed by atoms with E-state index in [2.05, 4.69) is 20.7 Å². The maximum absolute atomic E-state index is 13.8. The Morgan fingerprint density at radius 3 is 2.74 bits per heavy atom. The van der Waals surface area contributed by atoms with Crippen LogP contribution in [0, 0.1) is 0 Å². The van der Waals surface area contributed by atoms with Crippen molar-refractivity contribution < 1.29 is 23.4 Å². The van der Waals surface area contributed by atoms with Gasteiger partial charge in [-0.05, 0) is 35.0 Å². The maximum Gasteiger partial charge on any atom is 0.379 e. The van der Waals surface area contributed by atoms with Gasteiger partial charge in [0, 0.05) is 10.6 Å². The van der Waals surface area contributed by atoms with Crippen LogP contribution >= 0.6 is 27.5 Å². The van der Waals surface area contributed by atoms with E-state index >= 15 is 0 Å². The highest BCUT2D eigenvalue weighted by Gasteiger charge is 2.49. The summed E-state index contributed by atoms with van der Waals surface area (Å²) in [5.74, 6) is -6.31. The van der Waals surface area contributed by atoms with Gasteiger partial charge < -0.3 is 15.6 Å². The molecule has 0 unspecified atom stereocenters. The Hall–Kier alpha value is -0.920. The summed E-state index contributed by atoms with van der Waals surface area (Å²) in [6.45, 7) is 1.18. The molecule has 0 aliphatic rings. The third kappa shape index (κ3) is 3.16. The first kappa shape index (κ1) is 16.1. The molecule has 1 atom stereocenters. The van der Waals surface area contributed by atoms with E-state index in [1.165, 1.54) is 19.1 Å². The normalized spacial score (nSPS) is 13.2. The van der Waals surface area contributed by atoms with Crippen LogP contribution in [-0.2, 0) is 9.53 Å². The summed E-state index contributed by atoms with van der Waals surface area (Å²) in [5.41, 5.74) is 4.94. The van der Waals surface area contributed by atoms with Crippen molar-refractivity contribution in [2.45, 2.75) is 18.9 Å². The smallest absolute Gasteiger partial charge is 0.379 e. The Morgan fingerprint density at radius 2 is 2.21 bits per heavy atom. The van der Waals surface area contributed by atoms with Crippen LogP contribution in [0.25, 0.3) is 0 Å². The number of ether oxygens (including phenoxy) is 1. The minimum absolute atomic E-state index is 0.141. The van der Waals surface area contributed by atoms with Crippen molar-refractivity contribution in [2.75, 3.05) is 6.61 Å². The highest BCUT2D eigenvalue weighted by Crippen LogP contribution is 2.42. The molecular weight excluding hydrogens is 347 g/mol. The van der Waals surface area contributed by atoms with Crippen LogP contribution in [0.4, 0.5) is 8.78 Å². The topological polar surface area (TPSA) is 72.5 Å². The molecule has 3 N–H and O–H groups in total. The van der Waals surface area contributed by atoms with Gasteiger partial charge in [-0.1, -0.05) is 11.6 Å². The molecule has 0 fully saturated rings. The molecule has 1 aromatic rings. The van der Waals surface area contributed by atoms with Crippen molar-refractivity contribution in [1.29, 1.82) is 0 Å². The fraction of sp³-hybridized carbons (Fsp3) is 0.364. The van der Waals surface area contributed by atoms with Crippen LogP contribution in [0.3, 0.4) is 0 Å². The van der Waals surface area contributed by atoms with Crippen LogP contribution in [-0.4, -0.2) is 23.6 Å². The fourth-order valence-corrected chi connectivity index (χ4v) is 2.00. The molecule has 0 heterocycles. The number of phenols is 1. The molecule has 4 nitrogen and oxygen atoms in total. The number of benzene rings is 1. The second-order valence-electron chi connectivity index (χ2n) is 3.61. The molecule has 0 aliphatic carbocycles. The lowest BCUT2D eigenvalue weighted by molar-refractivity contribution is -0.174. The molecule has 0 spiro atoms. The number of hydrogen-bond acceptors (Lipinski definition) is 4. The second-order valence-corrected chi connectivity index (χ2v) is 4.87. The summed E-state index contributed by atoms with van der Waals surface area (Å²) in [5, 5.41) is 9.56. The Bertz CT molecular complexity index is 499. The molecule has 0 saturated carbocycles. The van der Waals surface area contributed by atoms with Crippen molar-refractivity contribution in [3.05, 3.63) is 27.2 Å². The van der Waals surface area contributed by atoms with E-state index in [4.69, 9.17) is 17.3 Å². The molecule has 1 rings (SSSR count).